The second-order valence-corrected chi connectivity index (χ2v) is 7.94. The van der Waals surface area contributed by atoms with Gasteiger partial charge in [0.1, 0.15) is 5.75 Å². The molecule has 0 bridgehead atoms. The number of anilines is 2. The third kappa shape index (κ3) is 6.40. The van der Waals surface area contributed by atoms with Crippen LogP contribution in [-0.2, 0) is 0 Å². The van der Waals surface area contributed by atoms with Crippen molar-refractivity contribution in [2.75, 3.05) is 16.8 Å². The van der Waals surface area contributed by atoms with Crippen LogP contribution < -0.4 is 20.3 Å². The van der Waals surface area contributed by atoms with E-state index < -0.39 is 0 Å². The fourth-order valence-corrected chi connectivity index (χ4v) is 3.46. The van der Waals surface area contributed by atoms with Gasteiger partial charge >= 0.3 is 0 Å². The summed E-state index contributed by atoms with van der Waals surface area (Å²) in [7, 11) is 0. The molecule has 0 aliphatic rings. The molecule has 0 saturated carbocycles. The standard InChI is InChI=1S/C26H27N3O3S/c1-4-29(20-10-6-5-7-11-20)25(31)22-12-8-9-13-23(22)27-26(33)28-24(30)19-14-16-21(17-15-19)32-18(2)3/h5-18H,4H2,1-3H3,(H2,27,28,30,33). The monoisotopic (exact) mass is 461 g/mol. The highest BCUT2D eigenvalue weighted by atomic mass is 32.1. The highest BCUT2D eigenvalue weighted by Crippen LogP contribution is 2.22. The zero-order valence-electron chi connectivity index (χ0n) is 18.9. The van der Waals surface area contributed by atoms with Crippen LogP contribution in [0.25, 0.3) is 0 Å². The summed E-state index contributed by atoms with van der Waals surface area (Å²) in [5.74, 6) is 0.169. The van der Waals surface area contributed by atoms with Crippen LogP contribution in [-0.4, -0.2) is 29.6 Å². The van der Waals surface area contributed by atoms with E-state index >= 15 is 0 Å². The molecule has 0 heterocycles. The van der Waals surface area contributed by atoms with E-state index in [1.807, 2.05) is 51.1 Å². The van der Waals surface area contributed by atoms with Crippen molar-refractivity contribution in [2.45, 2.75) is 26.9 Å². The summed E-state index contributed by atoms with van der Waals surface area (Å²) in [4.78, 5) is 27.5. The number of nitrogens with zero attached hydrogens (tertiary/aromatic N) is 1. The van der Waals surface area contributed by atoms with E-state index in [1.165, 1.54) is 0 Å². The number of benzene rings is 3. The molecule has 0 fully saturated rings. The molecule has 0 radical (unpaired) electrons. The molecule has 7 heteroatoms. The average Bonchev–Trinajstić information content (AvgIpc) is 2.80. The number of rotatable bonds is 7. The molecule has 170 valence electrons. The summed E-state index contributed by atoms with van der Waals surface area (Å²) in [6.07, 6.45) is 0.0507. The Hall–Kier alpha value is -3.71. The van der Waals surface area contributed by atoms with Gasteiger partial charge in [-0.2, -0.15) is 0 Å². The average molecular weight is 462 g/mol. The second kappa shape index (κ2) is 11.2. The molecule has 3 aromatic rings. The third-order valence-electron chi connectivity index (χ3n) is 4.75. The maximum absolute atomic E-state index is 13.3. The summed E-state index contributed by atoms with van der Waals surface area (Å²) < 4.78 is 5.60. The lowest BCUT2D eigenvalue weighted by Crippen LogP contribution is -2.35. The van der Waals surface area contributed by atoms with E-state index in [4.69, 9.17) is 17.0 Å². The molecule has 33 heavy (non-hydrogen) atoms. The number of amides is 2. The van der Waals surface area contributed by atoms with Gasteiger partial charge < -0.3 is 15.0 Å². The number of ether oxygens (including phenoxy) is 1. The fourth-order valence-electron chi connectivity index (χ4n) is 3.26. The number of para-hydroxylation sites is 2. The first-order valence-corrected chi connectivity index (χ1v) is 11.1. The van der Waals surface area contributed by atoms with Crippen molar-refractivity contribution in [1.82, 2.24) is 5.32 Å². The van der Waals surface area contributed by atoms with Gasteiger partial charge in [0.2, 0.25) is 0 Å². The lowest BCUT2D eigenvalue weighted by molar-refractivity contribution is 0.0974. The van der Waals surface area contributed by atoms with Crippen molar-refractivity contribution in [2.24, 2.45) is 0 Å². The van der Waals surface area contributed by atoms with Gasteiger partial charge in [0.15, 0.2) is 5.11 Å². The van der Waals surface area contributed by atoms with Gasteiger partial charge in [0.25, 0.3) is 11.8 Å². The normalized spacial score (nSPS) is 10.4. The van der Waals surface area contributed by atoms with E-state index in [0.717, 1.165) is 5.69 Å². The number of thiocarbonyl (C=S) groups is 1. The van der Waals surface area contributed by atoms with Crippen molar-refractivity contribution in [3.63, 3.8) is 0 Å². The lowest BCUT2D eigenvalue weighted by Gasteiger charge is -2.23. The van der Waals surface area contributed by atoms with Gasteiger partial charge in [-0.25, -0.2) is 0 Å². The number of carbonyl (C=O) groups is 2. The molecule has 3 rings (SSSR count). The van der Waals surface area contributed by atoms with Crippen molar-refractivity contribution in [3.8, 4) is 5.75 Å². The minimum Gasteiger partial charge on any atom is -0.491 e. The summed E-state index contributed by atoms with van der Waals surface area (Å²) in [5.41, 5.74) is 2.22. The van der Waals surface area contributed by atoms with Gasteiger partial charge in [0.05, 0.1) is 17.4 Å². The molecule has 2 N–H and O–H groups in total. The Morgan fingerprint density at radius 1 is 0.939 bits per heavy atom. The Balaban J connectivity index is 1.70. The predicted molar refractivity (Wildman–Crippen MR) is 136 cm³/mol. The molecule has 0 saturated heterocycles. The van der Waals surface area contributed by atoms with E-state index in [9.17, 15) is 9.59 Å². The first-order chi connectivity index (χ1) is 15.9. The molecule has 0 unspecified atom stereocenters. The molecule has 3 aromatic carbocycles. The summed E-state index contributed by atoms with van der Waals surface area (Å²) in [6.45, 7) is 6.30. The second-order valence-electron chi connectivity index (χ2n) is 7.53. The number of nitrogens with one attached hydrogen (secondary N) is 2. The Morgan fingerprint density at radius 2 is 1.58 bits per heavy atom. The maximum Gasteiger partial charge on any atom is 0.260 e. The largest absolute Gasteiger partial charge is 0.491 e. The SMILES string of the molecule is CCN(C(=O)c1ccccc1NC(=S)NC(=O)c1ccc(OC(C)C)cc1)c1ccccc1. The molecular formula is C26H27N3O3S. The van der Waals surface area contributed by atoms with Crippen LogP contribution in [0.1, 0.15) is 41.5 Å². The molecule has 0 aliphatic heterocycles. The highest BCUT2D eigenvalue weighted by Gasteiger charge is 2.20. The van der Waals surface area contributed by atoms with E-state index in [2.05, 4.69) is 10.6 Å². The molecule has 0 atom stereocenters. The quantitative estimate of drug-likeness (QED) is 0.469. The molecular weight excluding hydrogens is 434 g/mol. The maximum atomic E-state index is 13.3. The molecule has 0 aromatic heterocycles. The third-order valence-corrected chi connectivity index (χ3v) is 4.95. The van der Waals surface area contributed by atoms with Gasteiger partial charge in [-0.3, -0.25) is 14.9 Å². The first-order valence-electron chi connectivity index (χ1n) is 10.7. The van der Waals surface area contributed by atoms with Gasteiger partial charge in [-0.15, -0.1) is 0 Å². The molecule has 6 nitrogen and oxygen atoms in total. The van der Waals surface area contributed by atoms with Gasteiger partial charge in [-0.05, 0) is 81.5 Å². The van der Waals surface area contributed by atoms with E-state index in [0.29, 0.717) is 29.1 Å². The van der Waals surface area contributed by atoms with Gasteiger partial charge in [0, 0.05) is 17.8 Å². The van der Waals surface area contributed by atoms with Crippen LogP contribution in [0, 0.1) is 0 Å². The fraction of sp³-hybridized carbons (Fsp3) is 0.192. The number of hydrogen-bond acceptors (Lipinski definition) is 4. The highest BCUT2D eigenvalue weighted by molar-refractivity contribution is 7.80. The molecule has 0 spiro atoms. The molecule has 0 aliphatic carbocycles. The van der Waals surface area contributed by atoms with Crippen molar-refractivity contribution in [1.29, 1.82) is 0 Å². The lowest BCUT2D eigenvalue weighted by atomic mass is 10.1. The summed E-state index contributed by atoms with van der Waals surface area (Å²) in [5, 5.41) is 5.75. The molecule has 2 amide bonds. The van der Waals surface area contributed by atoms with Crippen LogP contribution in [0.4, 0.5) is 11.4 Å². The Kier molecular flexibility index (Phi) is 8.16. The topological polar surface area (TPSA) is 70.7 Å². The minimum atomic E-state index is -0.355. The Bertz CT molecular complexity index is 1120. The minimum absolute atomic E-state index is 0.0507. The van der Waals surface area contributed by atoms with Crippen LogP contribution in [0.15, 0.2) is 78.9 Å². The van der Waals surface area contributed by atoms with E-state index in [-0.39, 0.29) is 23.0 Å². The van der Waals surface area contributed by atoms with Crippen LogP contribution in [0.5, 0.6) is 5.75 Å². The van der Waals surface area contributed by atoms with E-state index in [1.54, 1.807) is 53.4 Å². The van der Waals surface area contributed by atoms with Crippen molar-refractivity contribution >= 4 is 40.5 Å². The van der Waals surface area contributed by atoms with Crippen LogP contribution in [0.3, 0.4) is 0 Å². The van der Waals surface area contributed by atoms with Crippen molar-refractivity contribution < 1.29 is 14.3 Å². The van der Waals surface area contributed by atoms with Crippen LogP contribution >= 0.6 is 12.2 Å². The summed E-state index contributed by atoms with van der Waals surface area (Å²) in [6, 6.07) is 23.4. The van der Waals surface area contributed by atoms with Crippen LogP contribution in [0.2, 0.25) is 0 Å². The number of hydrogen-bond donors (Lipinski definition) is 2. The predicted octanol–water partition coefficient (Wildman–Crippen LogP) is 5.27. The van der Waals surface area contributed by atoms with Gasteiger partial charge in [-0.1, -0.05) is 30.3 Å². The smallest absolute Gasteiger partial charge is 0.260 e. The zero-order valence-corrected chi connectivity index (χ0v) is 19.7. The van der Waals surface area contributed by atoms with Crippen molar-refractivity contribution in [3.05, 3.63) is 90.0 Å². The Labute approximate surface area is 199 Å². The Morgan fingerprint density at radius 3 is 2.21 bits per heavy atom. The number of carbonyl (C=O) groups excluding carboxylic acids is 2. The zero-order chi connectivity index (χ0) is 23.8. The first kappa shape index (κ1) is 23.9. The summed E-state index contributed by atoms with van der Waals surface area (Å²) >= 11 is 5.34.